The van der Waals surface area contributed by atoms with Crippen LogP contribution in [0.2, 0.25) is 0 Å². The van der Waals surface area contributed by atoms with E-state index in [9.17, 15) is 9.59 Å². The maximum Gasteiger partial charge on any atom is 0.293 e. The first-order chi connectivity index (χ1) is 8.86. The molecule has 0 aromatic carbocycles. The maximum atomic E-state index is 12.2. The number of hydrogen-bond acceptors (Lipinski definition) is 4. The lowest BCUT2D eigenvalue weighted by molar-refractivity contribution is -0.120. The molecule has 0 saturated heterocycles. The van der Waals surface area contributed by atoms with Crippen LogP contribution in [0.4, 0.5) is 5.82 Å². The molecule has 19 heavy (non-hydrogen) atoms. The van der Waals surface area contributed by atoms with Crippen molar-refractivity contribution in [3.63, 3.8) is 0 Å². The molecule has 0 aliphatic carbocycles. The van der Waals surface area contributed by atoms with Crippen molar-refractivity contribution < 1.29 is 4.79 Å². The average Bonchev–Trinajstić information content (AvgIpc) is 2.30. The molecular weight excluding hydrogens is 244 g/mol. The standard InChI is InChI=1S/C13H22N4O2/c1-5-14-10(18)6-7-15-11-12(19)17(9-8-16-11)13(2,3)4/h8-9H,5-7H2,1-4H3,(H,14,18)(H,15,16). The molecule has 1 aromatic rings. The minimum absolute atomic E-state index is 0.0397. The van der Waals surface area contributed by atoms with E-state index < -0.39 is 0 Å². The van der Waals surface area contributed by atoms with Crippen molar-refractivity contribution in [3.8, 4) is 0 Å². The molecule has 2 N–H and O–H groups in total. The summed E-state index contributed by atoms with van der Waals surface area (Å²) in [7, 11) is 0. The van der Waals surface area contributed by atoms with Gasteiger partial charge in [0.2, 0.25) is 5.91 Å². The summed E-state index contributed by atoms with van der Waals surface area (Å²) < 4.78 is 1.62. The van der Waals surface area contributed by atoms with E-state index in [0.717, 1.165) is 0 Å². The number of anilines is 1. The van der Waals surface area contributed by atoms with Gasteiger partial charge in [-0.05, 0) is 27.7 Å². The summed E-state index contributed by atoms with van der Waals surface area (Å²) in [5.74, 6) is 0.240. The average molecular weight is 266 g/mol. The van der Waals surface area contributed by atoms with Crippen LogP contribution < -0.4 is 16.2 Å². The molecule has 0 fully saturated rings. The molecule has 6 nitrogen and oxygen atoms in total. The van der Waals surface area contributed by atoms with Gasteiger partial charge < -0.3 is 15.2 Å². The lowest BCUT2D eigenvalue weighted by Crippen LogP contribution is -2.35. The monoisotopic (exact) mass is 266 g/mol. The second kappa shape index (κ2) is 6.36. The Bertz CT molecular complexity index is 488. The summed E-state index contributed by atoms with van der Waals surface area (Å²) in [5, 5.41) is 5.61. The van der Waals surface area contributed by atoms with E-state index >= 15 is 0 Å². The highest BCUT2D eigenvalue weighted by Crippen LogP contribution is 2.10. The fourth-order valence-electron chi connectivity index (χ4n) is 1.64. The first kappa shape index (κ1) is 15.2. The number of aromatic nitrogens is 2. The largest absolute Gasteiger partial charge is 0.365 e. The topological polar surface area (TPSA) is 76.0 Å². The molecule has 1 rings (SSSR count). The van der Waals surface area contributed by atoms with Gasteiger partial charge in [-0.3, -0.25) is 9.59 Å². The normalized spacial score (nSPS) is 11.2. The van der Waals surface area contributed by atoms with Gasteiger partial charge in [-0.15, -0.1) is 0 Å². The number of carbonyl (C=O) groups is 1. The third-order valence-corrected chi connectivity index (χ3v) is 2.58. The van der Waals surface area contributed by atoms with Crippen molar-refractivity contribution in [2.45, 2.75) is 39.7 Å². The molecule has 6 heteroatoms. The van der Waals surface area contributed by atoms with E-state index in [1.54, 1.807) is 17.0 Å². The molecule has 1 heterocycles. The lowest BCUT2D eigenvalue weighted by atomic mass is 10.1. The Hall–Kier alpha value is -1.85. The van der Waals surface area contributed by atoms with Crippen molar-refractivity contribution in [1.29, 1.82) is 0 Å². The fraction of sp³-hybridized carbons (Fsp3) is 0.615. The number of nitrogens with zero attached hydrogens (tertiary/aromatic N) is 2. The van der Waals surface area contributed by atoms with Crippen LogP contribution in [0, 0.1) is 0 Å². The van der Waals surface area contributed by atoms with E-state index in [1.165, 1.54) is 0 Å². The number of nitrogens with one attached hydrogen (secondary N) is 2. The van der Waals surface area contributed by atoms with E-state index in [-0.39, 0.29) is 22.8 Å². The summed E-state index contributed by atoms with van der Waals surface area (Å²) >= 11 is 0. The predicted octanol–water partition coefficient (Wildman–Crippen LogP) is 0.936. The zero-order valence-corrected chi connectivity index (χ0v) is 12.0. The van der Waals surface area contributed by atoms with E-state index in [0.29, 0.717) is 19.5 Å². The van der Waals surface area contributed by atoms with Crippen molar-refractivity contribution in [1.82, 2.24) is 14.9 Å². The summed E-state index contributed by atoms with van der Waals surface area (Å²) in [4.78, 5) is 27.5. The van der Waals surface area contributed by atoms with Gasteiger partial charge in [0.1, 0.15) is 0 Å². The quantitative estimate of drug-likeness (QED) is 0.831. The van der Waals surface area contributed by atoms with Gasteiger partial charge in [0.15, 0.2) is 5.82 Å². The van der Waals surface area contributed by atoms with Gasteiger partial charge in [-0.2, -0.15) is 0 Å². The summed E-state index contributed by atoms with van der Waals surface area (Å²) in [6, 6.07) is 0. The molecule has 106 valence electrons. The first-order valence-corrected chi connectivity index (χ1v) is 6.45. The van der Waals surface area contributed by atoms with Gasteiger partial charge in [0.05, 0.1) is 0 Å². The van der Waals surface area contributed by atoms with E-state index in [1.807, 2.05) is 27.7 Å². The Morgan fingerprint density at radius 2 is 2.11 bits per heavy atom. The third kappa shape index (κ3) is 4.39. The van der Waals surface area contributed by atoms with Crippen LogP contribution in [0.1, 0.15) is 34.1 Å². The molecule has 0 bridgehead atoms. The Balaban J connectivity index is 2.70. The Labute approximate surface area is 113 Å². The summed E-state index contributed by atoms with van der Waals surface area (Å²) in [6.07, 6.45) is 3.57. The Kier molecular flexibility index (Phi) is 5.09. The molecule has 1 amide bonds. The first-order valence-electron chi connectivity index (χ1n) is 6.45. The molecule has 0 atom stereocenters. The van der Waals surface area contributed by atoms with Crippen LogP contribution in [0.25, 0.3) is 0 Å². The highest BCUT2D eigenvalue weighted by atomic mass is 16.1. The van der Waals surface area contributed by atoms with Gasteiger partial charge in [-0.25, -0.2) is 4.98 Å². The molecule has 0 aliphatic heterocycles. The van der Waals surface area contributed by atoms with Gasteiger partial charge in [0.25, 0.3) is 5.56 Å². The van der Waals surface area contributed by atoms with Crippen molar-refractivity contribution in [2.75, 3.05) is 18.4 Å². The lowest BCUT2D eigenvalue weighted by Gasteiger charge is -2.22. The molecular formula is C13H22N4O2. The molecule has 0 saturated carbocycles. The van der Waals surface area contributed by atoms with Crippen molar-refractivity contribution >= 4 is 11.7 Å². The van der Waals surface area contributed by atoms with Gasteiger partial charge in [0, 0.05) is 37.4 Å². The fourth-order valence-corrected chi connectivity index (χ4v) is 1.64. The van der Waals surface area contributed by atoms with Crippen LogP contribution >= 0.6 is 0 Å². The Morgan fingerprint density at radius 3 is 2.68 bits per heavy atom. The molecule has 0 unspecified atom stereocenters. The second-order valence-electron chi connectivity index (χ2n) is 5.25. The smallest absolute Gasteiger partial charge is 0.293 e. The zero-order chi connectivity index (χ0) is 14.5. The van der Waals surface area contributed by atoms with Crippen LogP contribution in [0.3, 0.4) is 0 Å². The predicted molar refractivity (Wildman–Crippen MR) is 75.3 cm³/mol. The summed E-state index contributed by atoms with van der Waals surface area (Å²) in [5.41, 5.74) is -0.471. The molecule has 0 radical (unpaired) electrons. The maximum absolute atomic E-state index is 12.2. The number of carbonyl (C=O) groups excluding carboxylic acids is 1. The van der Waals surface area contributed by atoms with E-state index in [4.69, 9.17) is 0 Å². The van der Waals surface area contributed by atoms with Crippen LogP contribution in [0.15, 0.2) is 17.2 Å². The minimum Gasteiger partial charge on any atom is -0.365 e. The van der Waals surface area contributed by atoms with Gasteiger partial charge >= 0.3 is 0 Å². The number of amides is 1. The third-order valence-electron chi connectivity index (χ3n) is 2.58. The Morgan fingerprint density at radius 1 is 1.42 bits per heavy atom. The van der Waals surface area contributed by atoms with Gasteiger partial charge in [-0.1, -0.05) is 0 Å². The molecule has 0 spiro atoms. The van der Waals surface area contributed by atoms with Crippen molar-refractivity contribution in [3.05, 3.63) is 22.7 Å². The highest BCUT2D eigenvalue weighted by Gasteiger charge is 2.16. The van der Waals surface area contributed by atoms with Crippen LogP contribution in [-0.4, -0.2) is 28.5 Å². The minimum atomic E-state index is -0.296. The van der Waals surface area contributed by atoms with Crippen molar-refractivity contribution in [2.24, 2.45) is 0 Å². The van der Waals surface area contributed by atoms with Crippen LogP contribution in [-0.2, 0) is 10.3 Å². The number of hydrogen-bond donors (Lipinski definition) is 2. The highest BCUT2D eigenvalue weighted by molar-refractivity contribution is 5.76. The zero-order valence-electron chi connectivity index (χ0n) is 12.0. The number of rotatable bonds is 5. The summed E-state index contributed by atoms with van der Waals surface area (Å²) in [6.45, 7) is 8.72. The molecule has 0 aliphatic rings. The SMILES string of the molecule is CCNC(=O)CCNc1nccn(C(C)(C)C)c1=O. The van der Waals surface area contributed by atoms with E-state index in [2.05, 4.69) is 15.6 Å². The van der Waals surface area contributed by atoms with Crippen LogP contribution in [0.5, 0.6) is 0 Å². The second-order valence-corrected chi connectivity index (χ2v) is 5.25. The molecule has 1 aromatic heterocycles.